The van der Waals surface area contributed by atoms with E-state index in [2.05, 4.69) is 15.3 Å². The Morgan fingerprint density at radius 2 is 1.97 bits per heavy atom. The first-order valence-electron chi connectivity index (χ1n) is 10.2. The number of fused-ring (bicyclic) bond motifs is 3. The van der Waals surface area contributed by atoms with Gasteiger partial charge in [0.1, 0.15) is 16.8 Å². The van der Waals surface area contributed by atoms with Crippen molar-refractivity contribution in [3.8, 4) is 0 Å². The monoisotopic (exact) mass is 409 g/mol. The Hall–Kier alpha value is -4.00. The highest BCUT2D eigenvalue weighted by Gasteiger charge is 2.59. The first kappa shape index (κ1) is 17.8. The molecule has 1 spiro atoms. The maximum atomic E-state index is 13.7. The lowest BCUT2D eigenvalue weighted by Gasteiger charge is -2.33. The van der Waals surface area contributed by atoms with Crippen LogP contribution in [-0.4, -0.2) is 37.6 Å². The molecule has 152 valence electrons. The van der Waals surface area contributed by atoms with Crippen LogP contribution >= 0.6 is 0 Å². The highest BCUT2D eigenvalue weighted by Crippen LogP contribution is 2.54. The van der Waals surface area contributed by atoms with Crippen LogP contribution in [0, 0.1) is 0 Å². The van der Waals surface area contributed by atoms with Crippen LogP contribution in [0.2, 0.25) is 0 Å². The molecule has 2 aliphatic rings. The zero-order valence-corrected chi connectivity index (χ0v) is 16.6. The Morgan fingerprint density at radius 1 is 1.10 bits per heavy atom. The molecule has 2 atom stereocenters. The molecule has 5 heterocycles. The van der Waals surface area contributed by atoms with E-state index in [4.69, 9.17) is 0 Å². The van der Waals surface area contributed by atoms with Crippen molar-refractivity contribution >= 4 is 23.1 Å². The van der Waals surface area contributed by atoms with E-state index < -0.39 is 11.5 Å². The third-order valence-electron chi connectivity index (χ3n) is 6.43. The molecule has 2 amide bonds. The summed E-state index contributed by atoms with van der Waals surface area (Å²) >= 11 is 0. The van der Waals surface area contributed by atoms with Gasteiger partial charge in [0.05, 0.1) is 6.04 Å². The highest BCUT2D eigenvalue weighted by atomic mass is 16.2. The molecule has 6 rings (SSSR count). The van der Waals surface area contributed by atoms with Crippen LogP contribution in [0.5, 0.6) is 0 Å². The van der Waals surface area contributed by atoms with Gasteiger partial charge in [-0.2, -0.15) is 0 Å². The van der Waals surface area contributed by atoms with Crippen LogP contribution < -0.4 is 5.32 Å². The lowest BCUT2D eigenvalue weighted by Crippen LogP contribution is -2.42. The number of nitrogens with zero attached hydrogens (tertiary/aromatic N) is 4. The number of pyridine rings is 2. The van der Waals surface area contributed by atoms with Crippen LogP contribution in [0.1, 0.15) is 34.1 Å². The van der Waals surface area contributed by atoms with Gasteiger partial charge >= 0.3 is 0 Å². The quantitative estimate of drug-likeness (QED) is 0.551. The summed E-state index contributed by atoms with van der Waals surface area (Å²) in [5.74, 6) is -0.264. The van der Waals surface area contributed by atoms with Crippen molar-refractivity contribution in [3.63, 3.8) is 0 Å². The number of hydrogen-bond acceptors (Lipinski definition) is 4. The standard InChI is InChI=1S/C24H19N5O2/c30-22(19-15-28-12-4-3-9-20(28)26-19)29-13-10-24(21(29)16-6-5-11-25-14-16)17-7-1-2-8-18(17)27-23(24)31/h1-9,11-12,14-15,21H,10,13H2,(H,27,31). The number of imidazole rings is 1. The largest absolute Gasteiger partial charge is 0.329 e. The molecule has 1 saturated heterocycles. The van der Waals surface area contributed by atoms with Crippen molar-refractivity contribution in [2.24, 2.45) is 0 Å². The normalized spacial score (nSPS) is 22.1. The topological polar surface area (TPSA) is 79.6 Å². The predicted molar refractivity (Wildman–Crippen MR) is 115 cm³/mol. The Morgan fingerprint density at radius 3 is 2.81 bits per heavy atom. The lowest BCUT2D eigenvalue weighted by molar-refractivity contribution is -0.121. The minimum absolute atomic E-state index is 0.0761. The Bertz CT molecular complexity index is 1300. The summed E-state index contributed by atoms with van der Waals surface area (Å²) in [7, 11) is 0. The van der Waals surface area contributed by atoms with Crippen LogP contribution in [0.25, 0.3) is 5.65 Å². The van der Waals surface area contributed by atoms with E-state index in [-0.39, 0.29) is 11.8 Å². The summed E-state index contributed by atoms with van der Waals surface area (Å²) in [5.41, 5.74) is 2.80. The van der Waals surface area contributed by atoms with E-state index in [9.17, 15) is 9.59 Å². The molecule has 3 aromatic heterocycles. The fraction of sp³-hybridized carbons (Fsp3) is 0.167. The number of hydrogen-bond donors (Lipinski definition) is 1. The van der Waals surface area contributed by atoms with Gasteiger partial charge in [-0.3, -0.25) is 14.6 Å². The number of likely N-dealkylation sites (tertiary alicyclic amines) is 1. The second kappa shape index (κ2) is 6.50. The fourth-order valence-electron chi connectivity index (χ4n) is 5.09. The molecule has 1 aromatic carbocycles. The number of carbonyl (C=O) groups is 2. The number of carbonyl (C=O) groups excluding carboxylic acids is 2. The van der Waals surface area contributed by atoms with Crippen LogP contribution in [0.4, 0.5) is 5.69 Å². The maximum absolute atomic E-state index is 13.7. The summed E-state index contributed by atoms with van der Waals surface area (Å²) in [6.45, 7) is 0.452. The van der Waals surface area contributed by atoms with Gasteiger partial charge in [0.15, 0.2) is 0 Å². The molecular weight excluding hydrogens is 390 g/mol. The average molecular weight is 409 g/mol. The summed E-state index contributed by atoms with van der Waals surface area (Å²) in [4.78, 5) is 37.6. The van der Waals surface area contributed by atoms with Gasteiger partial charge in [-0.1, -0.05) is 30.3 Å². The molecule has 1 fully saturated rings. The van der Waals surface area contributed by atoms with E-state index >= 15 is 0 Å². The molecule has 31 heavy (non-hydrogen) atoms. The molecule has 0 saturated carbocycles. The van der Waals surface area contributed by atoms with Gasteiger partial charge in [0.2, 0.25) is 5.91 Å². The highest BCUT2D eigenvalue weighted by molar-refractivity contribution is 6.08. The second-order valence-electron chi connectivity index (χ2n) is 8.00. The van der Waals surface area contributed by atoms with Gasteiger partial charge in [-0.05, 0) is 41.8 Å². The van der Waals surface area contributed by atoms with E-state index in [0.29, 0.717) is 24.3 Å². The number of anilines is 1. The van der Waals surface area contributed by atoms with Gasteiger partial charge in [0.25, 0.3) is 5.91 Å². The second-order valence-corrected chi connectivity index (χ2v) is 8.00. The number of benzene rings is 1. The number of para-hydroxylation sites is 1. The zero-order chi connectivity index (χ0) is 21.0. The van der Waals surface area contributed by atoms with Crippen molar-refractivity contribution in [1.29, 1.82) is 0 Å². The van der Waals surface area contributed by atoms with Crippen molar-refractivity contribution in [1.82, 2.24) is 19.3 Å². The van der Waals surface area contributed by atoms with Gasteiger partial charge in [-0.25, -0.2) is 4.98 Å². The molecule has 1 N–H and O–H groups in total. The first-order chi connectivity index (χ1) is 15.2. The van der Waals surface area contributed by atoms with Crippen molar-refractivity contribution in [2.75, 3.05) is 11.9 Å². The molecule has 2 aliphatic heterocycles. The smallest absolute Gasteiger partial charge is 0.274 e. The Balaban J connectivity index is 1.50. The van der Waals surface area contributed by atoms with E-state index in [0.717, 1.165) is 16.8 Å². The number of rotatable bonds is 2. The first-order valence-corrected chi connectivity index (χ1v) is 10.2. The Kier molecular flexibility index (Phi) is 3.74. The number of amides is 2. The summed E-state index contributed by atoms with van der Waals surface area (Å²) in [6, 6.07) is 16.7. The minimum Gasteiger partial charge on any atom is -0.329 e. The van der Waals surface area contributed by atoms with E-state index in [1.54, 1.807) is 23.5 Å². The SMILES string of the molecule is O=C(c1cn2ccccc2n1)N1CCC2(C(=O)Nc3ccccc32)C1c1cccnc1. The molecule has 2 unspecified atom stereocenters. The summed E-state index contributed by atoms with van der Waals surface area (Å²) in [5, 5.41) is 3.03. The molecule has 0 radical (unpaired) electrons. The average Bonchev–Trinajstić information content (AvgIpc) is 3.49. The van der Waals surface area contributed by atoms with Crippen molar-refractivity contribution in [2.45, 2.75) is 17.9 Å². The van der Waals surface area contributed by atoms with Crippen LogP contribution in [0.15, 0.2) is 79.4 Å². The molecule has 0 aliphatic carbocycles. The van der Waals surface area contributed by atoms with Crippen LogP contribution in [0.3, 0.4) is 0 Å². The molecular formula is C24H19N5O2. The summed E-state index contributed by atoms with van der Waals surface area (Å²) < 4.78 is 1.83. The predicted octanol–water partition coefficient (Wildman–Crippen LogP) is 3.21. The minimum atomic E-state index is -0.853. The number of nitrogens with one attached hydrogen (secondary N) is 1. The third kappa shape index (κ3) is 2.46. The molecule has 4 aromatic rings. The number of aromatic nitrogens is 3. The molecule has 7 nitrogen and oxygen atoms in total. The van der Waals surface area contributed by atoms with Gasteiger partial charge in [0, 0.05) is 37.0 Å². The van der Waals surface area contributed by atoms with Gasteiger partial charge < -0.3 is 14.6 Å². The van der Waals surface area contributed by atoms with Gasteiger partial charge in [-0.15, -0.1) is 0 Å². The molecule has 7 heteroatoms. The zero-order valence-electron chi connectivity index (χ0n) is 16.6. The van der Waals surface area contributed by atoms with Crippen molar-refractivity contribution in [3.05, 3.63) is 96.2 Å². The lowest BCUT2D eigenvalue weighted by atomic mass is 9.73. The van der Waals surface area contributed by atoms with Crippen molar-refractivity contribution < 1.29 is 9.59 Å². The van der Waals surface area contributed by atoms with E-state index in [1.165, 1.54) is 0 Å². The Labute approximate surface area is 178 Å². The maximum Gasteiger partial charge on any atom is 0.274 e. The third-order valence-corrected chi connectivity index (χ3v) is 6.43. The van der Waals surface area contributed by atoms with Crippen LogP contribution in [-0.2, 0) is 10.2 Å². The van der Waals surface area contributed by atoms with E-state index in [1.807, 2.05) is 65.2 Å². The fourth-order valence-corrected chi connectivity index (χ4v) is 5.09. The summed E-state index contributed by atoms with van der Waals surface area (Å²) in [6.07, 6.45) is 7.59. The molecule has 0 bridgehead atoms.